The molecule has 6 rings (SSSR count). The van der Waals surface area contributed by atoms with E-state index < -0.39 is 13.7 Å². The maximum atomic E-state index is 8.36. The smallest absolute Gasteiger partial charge is 0.216 e. The van der Waals surface area contributed by atoms with Gasteiger partial charge in [0.05, 0.1) is 5.56 Å². The number of benzene rings is 4. The molecule has 0 amide bonds. The molecule has 0 aliphatic rings. The van der Waals surface area contributed by atoms with Crippen molar-refractivity contribution in [3.63, 3.8) is 0 Å². The largest absolute Gasteiger partial charge is 0.455 e. The molecule has 0 aliphatic heterocycles. The minimum atomic E-state index is -2.36. The zero-order valence-corrected chi connectivity index (χ0v) is 18.4. The summed E-state index contributed by atoms with van der Waals surface area (Å²) in [5.41, 5.74) is 5.12. The lowest BCUT2D eigenvalue weighted by molar-refractivity contribution is -0.660. The Morgan fingerprint density at radius 1 is 0.788 bits per heavy atom. The average molecular weight is 435 g/mol. The summed E-state index contributed by atoms with van der Waals surface area (Å²) in [5.74, 6) is 0. The van der Waals surface area contributed by atoms with Crippen LogP contribution in [0.25, 0.3) is 55.1 Å². The molecule has 160 valence electrons. The van der Waals surface area contributed by atoms with Gasteiger partial charge in [-0.15, -0.1) is 0 Å². The summed E-state index contributed by atoms with van der Waals surface area (Å²) >= 11 is 0. The minimum absolute atomic E-state index is 0.235. The minimum Gasteiger partial charge on any atom is -0.455 e. The lowest BCUT2D eigenvalue weighted by atomic mass is 9.93. The molecule has 0 N–H and O–H groups in total. The van der Waals surface area contributed by atoms with Gasteiger partial charge in [0.15, 0.2) is 6.20 Å². The van der Waals surface area contributed by atoms with E-state index in [4.69, 9.17) is 12.6 Å². The van der Waals surface area contributed by atoms with Crippen LogP contribution in [0.15, 0.2) is 89.5 Å². The maximum absolute atomic E-state index is 8.36. The number of furan rings is 1. The number of hydrogen-bond acceptors (Lipinski definition) is 1. The van der Waals surface area contributed by atoms with Crippen LogP contribution in [-0.2, 0) is 7.05 Å². The first-order valence-corrected chi connectivity index (χ1v) is 10.9. The van der Waals surface area contributed by atoms with Gasteiger partial charge in [0.1, 0.15) is 18.2 Å². The van der Waals surface area contributed by atoms with Crippen LogP contribution in [0.1, 0.15) is 24.9 Å². The standard InChI is InChI=1S/C31H26NO/c1-19-16-20(2)29-30-24-13-9-8-12-23(24)14-15-27(30)33-31(29)28(19)26-17-25(21(3)18-32(26)4)22-10-6-5-7-11-22/h5-18H,1-4H3/q+1/i2D3,3D3. The van der Waals surface area contributed by atoms with Crippen molar-refractivity contribution < 1.29 is 17.2 Å². The molecule has 0 spiro atoms. The number of aromatic nitrogens is 1. The Morgan fingerprint density at radius 2 is 1.58 bits per heavy atom. The van der Waals surface area contributed by atoms with E-state index in [-0.39, 0.29) is 11.1 Å². The average Bonchev–Trinajstić information content (AvgIpc) is 3.27. The lowest BCUT2D eigenvalue weighted by Gasteiger charge is -2.11. The highest BCUT2D eigenvalue weighted by Gasteiger charge is 2.24. The van der Waals surface area contributed by atoms with Crippen molar-refractivity contribution in [3.05, 3.63) is 102 Å². The molecule has 2 nitrogen and oxygen atoms in total. The first-order valence-electron chi connectivity index (χ1n) is 13.9. The Kier molecular flexibility index (Phi) is 3.17. The van der Waals surface area contributed by atoms with E-state index in [1.807, 2.05) is 79.7 Å². The monoisotopic (exact) mass is 434 g/mol. The van der Waals surface area contributed by atoms with Gasteiger partial charge >= 0.3 is 0 Å². The van der Waals surface area contributed by atoms with E-state index in [1.54, 1.807) is 23.9 Å². The van der Waals surface area contributed by atoms with Crippen LogP contribution in [0, 0.1) is 20.6 Å². The highest BCUT2D eigenvalue weighted by atomic mass is 16.3. The number of rotatable bonds is 2. The molecule has 4 aromatic carbocycles. The van der Waals surface area contributed by atoms with Crippen LogP contribution in [0.4, 0.5) is 0 Å². The molecule has 0 bridgehead atoms. The number of fused-ring (bicyclic) bond motifs is 5. The van der Waals surface area contributed by atoms with Crippen LogP contribution in [0.2, 0.25) is 0 Å². The van der Waals surface area contributed by atoms with Crippen molar-refractivity contribution in [2.24, 2.45) is 7.05 Å². The van der Waals surface area contributed by atoms with Gasteiger partial charge in [-0.1, -0.05) is 66.7 Å². The topological polar surface area (TPSA) is 17.0 Å². The molecule has 0 saturated carbocycles. The van der Waals surface area contributed by atoms with Crippen LogP contribution >= 0.6 is 0 Å². The quantitative estimate of drug-likeness (QED) is 0.254. The number of hydrogen-bond donors (Lipinski definition) is 0. The molecule has 2 aromatic heterocycles. The molecule has 0 radical (unpaired) electrons. The summed E-state index contributed by atoms with van der Waals surface area (Å²) in [6.45, 7) is -2.82. The summed E-state index contributed by atoms with van der Waals surface area (Å²) in [6, 6.07) is 24.7. The third-order valence-corrected chi connectivity index (χ3v) is 6.45. The van der Waals surface area contributed by atoms with E-state index in [0.29, 0.717) is 22.1 Å². The fourth-order valence-corrected chi connectivity index (χ4v) is 4.91. The third-order valence-electron chi connectivity index (χ3n) is 6.45. The van der Waals surface area contributed by atoms with Crippen molar-refractivity contribution in [3.8, 4) is 22.4 Å². The first kappa shape index (κ1) is 14.3. The van der Waals surface area contributed by atoms with E-state index in [1.165, 1.54) is 0 Å². The molecule has 33 heavy (non-hydrogen) atoms. The molecule has 2 heteroatoms. The molecular weight excluding hydrogens is 402 g/mol. The summed E-state index contributed by atoms with van der Waals surface area (Å²) in [4.78, 5) is 0. The predicted octanol–water partition coefficient (Wildman–Crippen LogP) is 7.82. The fraction of sp³-hybridized carbons (Fsp3) is 0.129. The summed E-state index contributed by atoms with van der Waals surface area (Å²) in [6.07, 6.45) is 1.64. The Labute approximate surface area is 202 Å². The van der Waals surface area contributed by atoms with Gasteiger partial charge in [0, 0.05) is 30.6 Å². The van der Waals surface area contributed by atoms with Crippen LogP contribution in [-0.4, -0.2) is 0 Å². The normalized spacial score (nSPS) is 15.1. The van der Waals surface area contributed by atoms with Gasteiger partial charge in [-0.05, 0) is 59.7 Å². The first-order chi connectivity index (χ1) is 18.4. The van der Waals surface area contributed by atoms with Crippen molar-refractivity contribution in [2.45, 2.75) is 20.6 Å². The van der Waals surface area contributed by atoms with Crippen LogP contribution in [0.3, 0.4) is 0 Å². The third kappa shape index (κ3) is 2.98. The Hall–Kier alpha value is -3.91. The second kappa shape index (κ2) is 7.31. The van der Waals surface area contributed by atoms with Gasteiger partial charge < -0.3 is 4.42 Å². The fourth-order valence-electron chi connectivity index (χ4n) is 4.91. The van der Waals surface area contributed by atoms with E-state index >= 15 is 0 Å². The van der Waals surface area contributed by atoms with Crippen LogP contribution < -0.4 is 4.57 Å². The second-order valence-electron chi connectivity index (χ2n) is 8.55. The van der Waals surface area contributed by atoms with Gasteiger partial charge in [-0.2, -0.15) is 0 Å². The second-order valence-corrected chi connectivity index (χ2v) is 8.55. The van der Waals surface area contributed by atoms with Crippen molar-refractivity contribution >= 4 is 32.7 Å². The van der Waals surface area contributed by atoms with Gasteiger partial charge in [-0.25, -0.2) is 4.57 Å². The van der Waals surface area contributed by atoms with Gasteiger partial charge in [-0.3, -0.25) is 0 Å². The van der Waals surface area contributed by atoms with Crippen molar-refractivity contribution in [1.82, 2.24) is 0 Å². The van der Waals surface area contributed by atoms with Crippen LogP contribution in [0.5, 0.6) is 0 Å². The zero-order valence-electron chi connectivity index (χ0n) is 24.4. The Balaban J connectivity index is 1.77. The number of aryl methyl sites for hydroxylation is 4. The van der Waals surface area contributed by atoms with Crippen molar-refractivity contribution in [2.75, 3.05) is 0 Å². The van der Waals surface area contributed by atoms with E-state index in [2.05, 4.69) is 0 Å². The van der Waals surface area contributed by atoms with E-state index in [9.17, 15) is 0 Å². The summed E-state index contributed by atoms with van der Waals surface area (Å²) in [5, 5.41) is 3.23. The molecular formula is C31H26NO+. The summed E-state index contributed by atoms with van der Waals surface area (Å²) < 4.78 is 57.9. The van der Waals surface area contributed by atoms with E-state index in [0.717, 1.165) is 38.5 Å². The molecule has 0 unspecified atom stereocenters. The molecule has 2 heterocycles. The Bertz CT molecular complexity index is 1900. The molecule has 6 aromatic rings. The molecule has 0 saturated heterocycles. The molecule has 0 aliphatic carbocycles. The SMILES string of the molecule is [2H]C([2H])([2H])c1c[n+](C)c(-c2c(C)cc(C([2H])([2H])[2H])c3c2oc2ccc4ccccc4c23)cc1-c1ccccc1. The van der Waals surface area contributed by atoms with Gasteiger partial charge in [0.2, 0.25) is 5.69 Å². The summed E-state index contributed by atoms with van der Waals surface area (Å²) in [7, 11) is 1.81. The van der Waals surface area contributed by atoms with Gasteiger partial charge in [0.25, 0.3) is 0 Å². The molecule has 0 atom stereocenters. The lowest BCUT2D eigenvalue weighted by Crippen LogP contribution is -2.31. The highest BCUT2D eigenvalue weighted by molar-refractivity contribution is 6.21. The highest BCUT2D eigenvalue weighted by Crippen LogP contribution is 2.42. The van der Waals surface area contributed by atoms with Crippen molar-refractivity contribution in [1.29, 1.82) is 0 Å². The zero-order chi connectivity index (χ0) is 27.7. The molecule has 0 fully saturated rings. The maximum Gasteiger partial charge on any atom is 0.216 e. The Morgan fingerprint density at radius 3 is 2.39 bits per heavy atom. The number of pyridine rings is 1. The predicted molar refractivity (Wildman–Crippen MR) is 137 cm³/mol. The number of nitrogens with zero attached hydrogens (tertiary/aromatic N) is 1.